The molecule has 0 aliphatic rings. The van der Waals surface area contributed by atoms with Gasteiger partial charge in [-0.15, -0.1) is 0 Å². The fourth-order valence-electron chi connectivity index (χ4n) is 0. The average molecular weight is 135 g/mol. The Balaban J connectivity index is 0. The van der Waals surface area contributed by atoms with E-state index in [9.17, 15) is 0 Å². The first-order chi connectivity index (χ1) is 0. The van der Waals surface area contributed by atoms with Crippen LogP contribution in [0, 0.1) is 0 Å². The summed E-state index contributed by atoms with van der Waals surface area (Å²) in [5.74, 6) is 0. The van der Waals surface area contributed by atoms with Crippen molar-refractivity contribution in [2.24, 2.45) is 0 Å². The van der Waals surface area contributed by atoms with Crippen molar-refractivity contribution in [3.63, 3.8) is 0 Å². The molecule has 0 bridgehead atoms. The Bertz CT molecular complexity index is 6.00. The predicted molar refractivity (Wildman–Crippen MR) is 6.72 cm³/mol. The molecular weight excluding hydrogens is 135 g/mol. The first-order valence-corrected chi connectivity index (χ1v) is 0. The maximum absolute atomic E-state index is 0. The molecule has 0 radical (unpaired) electrons. The van der Waals surface area contributed by atoms with Gasteiger partial charge in [0, 0.05) is 0 Å². The summed E-state index contributed by atoms with van der Waals surface area (Å²) < 4.78 is 0. The van der Waals surface area contributed by atoms with Crippen LogP contribution in [0.15, 0.2) is 0 Å². The second-order valence-corrected chi connectivity index (χ2v) is 0. The summed E-state index contributed by atoms with van der Waals surface area (Å²) in [6.45, 7) is 0. The van der Waals surface area contributed by atoms with Gasteiger partial charge in [0.2, 0.25) is 0 Å². The molecule has 0 saturated carbocycles. The van der Waals surface area contributed by atoms with Crippen molar-refractivity contribution in [1.29, 1.82) is 0 Å². The average Bonchev–Trinajstić information content (AvgIpc) is 0. The van der Waals surface area contributed by atoms with Gasteiger partial charge in [-0.3, -0.25) is 0 Å². The summed E-state index contributed by atoms with van der Waals surface area (Å²) in [6, 6.07) is 0. The van der Waals surface area contributed by atoms with E-state index in [0.717, 1.165) is 0 Å². The van der Waals surface area contributed by atoms with Crippen molar-refractivity contribution in [2.45, 2.75) is 0 Å². The zero-order valence-corrected chi connectivity index (χ0v) is 4.26. The van der Waals surface area contributed by atoms with E-state index in [0.29, 0.717) is 0 Å². The molecule has 0 saturated heterocycles. The molecule has 24 valence electrons. The van der Waals surface area contributed by atoms with Crippen molar-refractivity contribution < 1.29 is 38.2 Å². The van der Waals surface area contributed by atoms with E-state index >= 15 is 0 Å². The van der Waals surface area contributed by atoms with Crippen LogP contribution in [0.1, 0.15) is 0 Å². The Morgan fingerprint density at radius 1 is 0.750 bits per heavy atom. The fourth-order valence-corrected chi connectivity index (χ4v) is 0. The quantitative estimate of drug-likeness (QED) is 0.435. The smallest absolute Gasteiger partial charge is 3.00 e. The number of nitrogens with zero attached hydrogens (tertiary/aromatic N) is 2. The maximum Gasteiger partial charge on any atom is 4.00 e. The van der Waals surface area contributed by atoms with Crippen LogP contribution in [0.2, 0.25) is 0 Å². The molecule has 0 aliphatic carbocycles. The first kappa shape index (κ1) is 68.7. The summed E-state index contributed by atoms with van der Waals surface area (Å²) in [5.41, 5.74) is 0. The molecule has 0 amide bonds. The van der Waals surface area contributed by atoms with Crippen molar-refractivity contribution >= 4 is 0 Å². The van der Waals surface area contributed by atoms with Crippen molar-refractivity contribution in [3.8, 4) is 0 Å². The number of rotatable bonds is 0. The molecule has 0 atom stereocenters. The molecular formula is N2NiTi. The van der Waals surface area contributed by atoms with Crippen LogP contribution in [-0.4, -0.2) is 0 Å². The standard InChI is InChI=1S/2N.Ni.Ti/q2*-3;+2;+4. The number of hydrogen-bond acceptors (Lipinski definition) is 0. The van der Waals surface area contributed by atoms with E-state index in [2.05, 4.69) is 0 Å². The fraction of sp³-hybridized carbons (Fsp3) is 0. The molecule has 0 fully saturated rings. The summed E-state index contributed by atoms with van der Waals surface area (Å²) >= 11 is 0. The Morgan fingerprint density at radius 2 is 0.750 bits per heavy atom. The molecule has 0 aliphatic heterocycles. The van der Waals surface area contributed by atoms with Crippen LogP contribution in [-0.2, 0) is 38.2 Å². The van der Waals surface area contributed by atoms with Gasteiger partial charge in [-0.05, 0) is 0 Å². The largest absolute Gasteiger partial charge is 4.00 e. The third-order valence-corrected chi connectivity index (χ3v) is 0. The summed E-state index contributed by atoms with van der Waals surface area (Å²) in [6.07, 6.45) is 0. The van der Waals surface area contributed by atoms with Gasteiger partial charge in [-0.1, -0.05) is 0 Å². The topological polar surface area (TPSA) is 61.0 Å². The van der Waals surface area contributed by atoms with E-state index in [1.807, 2.05) is 0 Å². The molecule has 0 aromatic heterocycles. The van der Waals surface area contributed by atoms with E-state index in [1.54, 1.807) is 0 Å². The van der Waals surface area contributed by atoms with Crippen molar-refractivity contribution in [3.05, 3.63) is 12.3 Å². The molecule has 0 rings (SSSR count). The van der Waals surface area contributed by atoms with Crippen LogP contribution in [0.25, 0.3) is 12.3 Å². The molecule has 0 N–H and O–H groups in total. The van der Waals surface area contributed by atoms with Gasteiger partial charge in [0.25, 0.3) is 0 Å². The van der Waals surface area contributed by atoms with Gasteiger partial charge in [0.05, 0.1) is 0 Å². The minimum Gasteiger partial charge on any atom is -3.00 e. The third kappa shape index (κ3) is 11.1. The molecule has 4 heavy (non-hydrogen) atoms. The van der Waals surface area contributed by atoms with Crippen LogP contribution in [0.3, 0.4) is 0 Å². The third-order valence-electron chi connectivity index (χ3n) is 0. The minimum atomic E-state index is 0. The van der Waals surface area contributed by atoms with Gasteiger partial charge in [0.15, 0.2) is 0 Å². The van der Waals surface area contributed by atoms with E-state index in [1.165, 1.54) is 0 Å². The summed E-state index contributed by atoms with van der Waals surface area (Å²) in [4.78, 5) is 0. The first-order valence-electron chi connectivity index (χ1n) is 0. The molecule has 0 aromatic carbocycles. The Hall–Kier alpha value is 1.13. The van der Waals surface area contributed by atoms with E-state index in [-0.39, 0.29) is 50.5 Å². The normalized spacial score (nSPS) is 0. The molecule has 0 aromatic rings. The molecule has 0 spiro atoms. The summed E-state index contributed by atoms with van der Waals surface area (Å²) in [7, 11) is 0. The van der Waals surface area contributed by atoms with Crippen LogP contribution < -0.4 is 0 Å². The predicted octanol–water partition coefficient (Wildman–Crippen LogP) is 0.572. The monoisotopic (exact) mass is 134 g/mol. The van der Waals surface area contributed by atoms with E-state index in [4.69, 9.17) is 0 Å². The molecule has 0 heterocycles. The zero-order chi connectivity index (χ0) is 0. The Labute approximate surface area is 50.7 Å². The Kier molecular flexibility index (Phi) is 545. The van der Waals surface area contributed by atoms with Gasteiger partial charge in [-0.25, -0.2) is 0 Å². The Morgan fingerprint density at radius 3 is 0.750 bits per heavy atom. The minimum absolute atomic E-state index is 0. The maximum atomic E-state index is 0. The van der Waals surface area contributed by atoms with Gasteiger partial charge >= 0.3 is 38.2 Å². The van der Waals surface area contributed by atoms with Crippen LogP contribution in [0.5, 0.6) is 0 Å². The second kappa shape index (κ2) is 31.7. The SMILES string of the molecule is [N-3].[N-3].[Ni+2].[Ti+4]. The van der Waals surface area contributed by atoms with Crippen molar-refractivity contribution in [2.75, 3.05) is 0 Å². The number of hydrogen-bond donors (Lipinski definition) is 0. The van der Waals surface area contributed by atoms with Gasteiger partial charge < -0.3 is 12.3 Å². The molecule has 0 unspecified atom stereocenters. The van der Waals surface area contributed by atoms with Crippen LogP contribution >= 0.6 is 0 Å². The second-order valence-electron chi connectivity index (χ2n) is 0. The zero-order valence-electron chi connectivity index (χ0n) is 1.71. The van der Waals surface area contributed by atoms with Gasteiger partial charge in [0.1, 0.15) is 0 Å². The molecule has 2 nitrogen and oxygen atoms in total. The van der Waals surface area contributed by atoms with Crippen LogP contribution in [0.4, 0.5) is 0 Å². The van der Waals surface area contributed by atoms with Crippen molar-refractivity contribution in [1.82, 2.24) is 0 Å². The summed E-state index contributed by atoms with van der Waals surface area (Å²) in [5, 5.41) is 0. The molecule has 4 heteroatoms. The van der Waals surface area contributed by atoms with Gasteiger partial charge in [-0.2, -0.15) is 0 Å². The van der Waals surface area contributed by atoms with E-state index < -0.39 is 0 Å².